The molecule has 19 heavy (non-hydrogen) atoms. The molecule has 1 amide bonds. The molecule has 0 unspecified atom stereocenters. The first kappa shape index (κ1) is 13.3. The number of nitrogens with zero attached hydrogens (tertiary/aromatic N) is 4. The van der Waals surface area contributed by atoms with Gasteiger partial charge in [-0.3, -0.25) is 9.89 Å². The van der Waals surface area contributed by atoms with Crippen molar-refractivity contribution < 1.29 is 9.53 Å². The number of hydrogen-bond acceptors (Lipinski definition) is 4. The van der Waals surface area contributed by atoms with Gasteiger partial charge in [-0.1, -0.05) is 0 Å². The van der Waals surface area contributed by atoms with E-state index in [2.05, 4.69) is 15.2 Å². The lowest BCUT2D eigenvalue weighted by atomic mass is 10.3. The Bertz CT molecular complexity index is 520. The van der Waals surface area contributed by atoms with Crippen molar-refractivity contribution in [1.82, 2.24) is 24.6 Å². The molecule has 0 aliphatic heterocycles. The molecule has 102 valence electrons. The summed E-state index contributed by atoms with van der Waals surface area (Å²) in [5, 5.41) is 6.49. The van der Waals surface area contributed by atoms with E-state index in [0.29, 0.717) is 31.2 Å². The molecule has 0 atom stereocenters. The Labute approximate surface area is 111 Å². The van der Waals surface area contributed by atoms with Crippen molar-refractivity contribution >= 4 is 5.91 Å². The van der Waals surface area contributed by atoms with E-state index in [1.807, 2.05) is 16.8 Å². The first-order chi connectivity index (χ1) is 9.22. The van der Waals surface area contributed by atoms with Crippen LogP contribution >= 0.6 is 0 Å². The molecule has 2 heterocycles. The summed E-state index contributed by atoms with van der Waals surface area (Å²) in [6.45, 7) is 1.62. The third-order valence-corrected chi connectivity index (χ3v) is 2.78. The second kappa shape index (κ2) is 6.14. The van der Waals surface area contributed by atoms with Crippen molar-refractivity contribution in [2.24, 2.45) is 0 Å². The van der Waals surface area contributed by atoms with Crippen molar-refractivity contribution in [2.45, 2.75) is 13.1 Å². The van der Waals surface area contributed by atoms with Crippen molar-refractivity contribution in [3.8, 4) is 0 Å². The molecule has 0 radical (unpaired) electrons. The molecule has 0 aliphatic rings. The molecule has 2 aromatic rings. The Balaban J connectivity index is 2.04. The molecular weight excluding hydrogens is 246 g/mol. The predicted octanol–water partition coefficient (Wildman–Crippen LogP) is 0.525. The van der Waals surface area contributed by atoms with Crippen LogP contribution in [0.25, 0.3) is 0 Å². The van der Waals surface area contributed by atoms with Crippen LogP contribution in [0.4, 0.5) is 0 Å². The van der Waals surface area contributed by atoms with Gasteiger partial charge in [-0.25, -0.2) is 4.98 Å². The van der Waals surface area contributed by atoms with Gasteiger partial charge < -0.3 is 14.2 Å². The van der Waals surface area contributed by atoms with Crippen molar-refractivity contribution in [3.63, 3.8) is 0 Å². The number of carbonyl (C=O) groups is 1. The average Bonchev–Trinajstić information content (AvgIpc) is 3.06. The molecule has 7 nitrogen and oxygen atoms in total. The Morgan fingerprint density at radius 2 is 2.42 bits per heavy atom. The summed E-state index contributed by atoms with van der Waals surface area (Å²) in [6.07, 6.45) is 3.30. The van der Waals surface area contributed by atoms with Crippen LogP contribution in [0.5, 0.6) is 0 Å². The molecule has 2 rings (SSSR count). The highest BCUT2D eigenvalue weighted by Crippen LogP contribution is 2.07. The van der Waals surface area contributed by atoms with Crippen LogP contribution in [0.3, 0.4) is 0 Å². The van der Waals surface area contributed by atoms with Crippen LogP contribution in [0, 0.1) is 0 Å². The van der Waals surface area contributed by atoms with Gasteiger partial charge in [-0.2, -0.15) is 5.10 Å². The number of ether oxygens (including phenoxy) is 1. The lowest BCUT2D eigenvalue weighted by Crippen LogP contribution is -2.29. The van der Waals surface area contributed by atoms with Crippen LogP contribution in [0.15, 0.2) is 24.7 Å². The molecule has 0 saturated heterocycles. The Kier molecular flexibility index (Phi) is 4.30. The largest absolute Gasteiger partial charge is 0.383 e. The topological polar surface area (TPSA) is 76.0 Å². The fourth-order valence-corrected chi connectivity index (χ4v) is 1.79. The second-order valence-corrected chi connectivity index (χ2v) is 4.17. The number of hydrogen-bond donors (Lipinski definition) is 1. The van der Waals surface area contributed by atoms with Gasteiger partial charge in [-0.05, 0) is 12.1 Å². The first-order valence-corrected chi connectivity index (χ1v) is 5.96. The Morgan fingerprint density at radius 3 is 3.11 bits per heavy atom. The van der Waals surface area contributed by atoms with Gasteiger partial charge in [-0.15, -0.1) is 0 Å². The minimum absolute atomic E-state index is 0.0579. The highest BCUT2D eigenvalue weighted by Gasteiger charge is 2.16. The number of carbonyl (C=O) groups excluding carboxylic acids is 1. The highest BCUT2D eigenvalue weighted by molar-refractivity contribution is 5.92. The first-order valence-electron chi connectivity index (χ1n) is 5.96. The molecule has 0 saturated carbocycles. The molecular formula is C12H17N5O2. The lowest BCUT2D eigenvalue weighted by molar-refractivity contribution is 0.0768. The molecule has 0 spiro atoms. The number of aromatic nitrogens is 4. The van der Waals surface area contributed by atoms with Crippen LogP contribution in [-0.2, 0) is 17.8 Å². The van der Waals surface area contributed by atoms with Crippen molar-refractivity contribution in [2.75, 3.05) is 20.8 Å². The summed E-state index contributed by atoms with van der Waals surface area (Å²) in [6, 6.07) is 3.65. The minimum atomic E-state index is -0.0579. The number of methoxy groups -OCH3 is 1. The predicted molar refractivity (Wildman–Crippen MR) is 68.5 cm³/mol. The second-order valence-electron chi connectivity index (χ2n) is 4.17. The van der Waals surface area contributed by atoms with E-state index in [1.54, 1.807) is 25.1 Å². The smallest absolute Gasteiger partial charge is 0.270 e. The molecule has 0 aromatic carbocycles. The van der Waals surface area contributed by atoms with Crippen LogP contribution in [0.2, 0.25) is 0 Å². The number of nitrogens with one attached hydrogen (secondary N) is 1. The van der Waals surface area contributed by atoms with Crippen molar-refractivity contribution in [1.29, 1.82) is 0 Å². The van der Waals surface area contributed by atoms with Gasteiger partial charge in [0.05, 0.1) is 13.2 Å². The van der Waals surface area contributed by atoms with Gasteiger partial charge in [0, 0.05) is 26.9 Å². The quantitative estimate of drug-likeness (QED) is 0.824. The maximum atomic E-state index is 12.3. The maximum absolute atomic E-state index is 12.3. The zero-order valence-corrected chi connectivity index (χ0v) is 11.0. The number of rotatable bonds is 6. The van der Waals surface area contributed by atoms with E-state index in [4.69, 9.17) is 4.74 Å². The summed E-state index contributed by atoms with van der Waals surface area (Å²) < 4.78 is 6.90. The highest BCUT2D eigenvalue weighted by atomic mass is 16.5. The van der Waals surface area contributed by atoms with Crippen LogP contribution in [0.1, 0.15) is 16.3 Å². The van der Waals surface area contributed by atoms with E-state index in [9.17, 15) is 4.79 Å². The third-order valence-electron chi connectivity index (χ3n) is 2.78. The fourth-order valence-electron chi connectivity index (χ4n) is 1.79. The summed E-state index contributed by atoms with van der Waals surface area (Å²) in [5.41, 5.74) is 0.638. The van der Waals surface area contributed by atoms with Gasteiger partial charge >= 0.3 is 0 Å². The monoisotopic (exact) mass is 263 g/mol. The Hall–Kier alpha value is -2.15. The molecule has 0 aliphatic carbocycles. The van der Waals surface area contributed by atoms with Gasteiger partial charge in [0.1, 0.15) is 17.8 Å². The molecule has 0 fully saturated rings. The van der Waals surface area contributed by atoms with Gasteiger partial charge in [0.15, 0.2) is 0 Å². The van der Waals surface area contributed by atoms with E-state index in [1.165, 1.54) is 6.33 Å². The lowest BCUT2D eigenvalue weighted by Gasteiger charge is -2.17. The molecule has 2 aromatic heterocycles. The number of aromatic amines is 1. The van der Waals surface area contributed by atoms with Crippen LogP contribution < -0.4 is 0 Å². The standard InChI is InChI=1S/C12H17N5O2/c1-16(8-11-13-9-14-15-11)12(18)10-4-3-5-17(10)6-7-19-2/h3-5,9H,6-8H2,1-2H3,(H,13,14,15). The fraction of sp³-hybridized carbons (Fsp3) is 0.417. The van der Waals surface area contributed by atoms with E-state index in [-0.39, 0.29) is 5.91 Å². The summed E-state index contributed by atoms with van der Waals surface area (Å²) >= 11 is 0. The minimum Gasteiger partial charge on any atom is -0.383 e. The zero-order valence-electron chi connectivity index (χ0n) is 11.0. The normalized spacial score (nSPS) is 10.6. The van der Waals surface area contributed by atoms with E-state index in [0.717, 1.165) is 0 Å². The maximum Gasteiger partial charge on any atom is 0.270 e. The SMILES string of the molecule is COCCn1cccc1C(=O)N(C)Cc1ncn[nH]1. The molecule has 0 bridgehead atoms. The summed E-state index contributed by atoms with van der Waals surface area (Å²) in [5.74, 6) is 0.600. The van der Waals surface area contributed by atoms with Crippen LogP contribution in [-0.4, -0.2) is 51.3 Å². The molecule has 7 heteroatoms. The molecule has 1 N–H and O–H groups in total. The zero-order chi connectivity index (χ0) is 13.7. The van der Waals surface area contributed by atoms with E-state index < -0.39 is 0 Å². The van der Waals surface area contributed by atoms with Gasteiger partial charge in [0.2, 0.25) is 0 Å². The van der Waals surface area contributed by atoms with E-state index >= 15 is 0 Å². The summed E-state index contributed by atoms with van der Waals surface area (Å²) in [4.78, 5) is 17.9. The third kappa shape index (κ3) is 3.19. The van der Waals surface area contributed by atoms with Gasteiger partial charge in [0.25, 0.3) is 5.91 Å². The average molecular weight is 263 g/mol. The van der Waals surface area contributed by atoms with Crippen molar-refractivity contribution in [3.05, 3.63) is 36.2 Å². The summed E-state index contributed by atoms with van der Waals surface area (Å²) in [7, 11) is 3.37. The number of H-pyrrole nitrogens is 1. The Morgan fingerprint density at radius 1 is 1.58 bits per heavy atom. The number of amides is 1.